The van der Waals surface area contributed by atoms with E-state index in [9.17, 15) is 10.1 Å². The first kappa shape index (κ1) is 12.7. The molecule has 1 aromatic heterocycles. The molecule has 0 spiro atoms. The Kier molecular flexibility index (Phi) is 4.45. The summed E-state index contributed by atoms with van der Waals surface area (Å²) in [6.45, 7) is 1.92. The van der Waals surface area contributed by atoms with E-state index < -0.39 is 4.92 Å². The second-order valence-corrected chi connectivity index (χ2v) is 3.49. The Labute approximate surface area is 99.0 Å². The van der Waals surface area contributed by atoms with Crippen LogP contribution in [0.15, 0.2) is 18.3 Å². The maximum Gasteiger partial charge on any atom is 0.287 e. The Bertz CT molecular complexity index is 351. The molecular formula is C9H13ClN4O2. The topological polar surface area (TPSA) is 80.1 Å². The molecule has 1 saturated heterocycles. The third-order valence-corrected chi connectivity index (χ3v) is 2.37. The monoisotopic (exact) mass is 244 g/mol. The van der Waals surface area contributed by atoms with Crippen LogP contribution in [0.3, 0.4) is 0 Å². The van der Waals surface area contributed by atoms with Crippen LogP contribution < -0.4 is 10.6 Å². The summed E-state index contributed by atoms with van der Waals surface area (Å²) in [7, 11) is 0. The van der Waals surface area contributed by atoms with Crippen LogP contribution in [0.1, 0.15) is 6.42 Å². The molecule has 1 fully saturated rings. The first-order chi connectivity index (χ1) is 7.25. The lowest BCUT2D eigenvalue weighted by Gasteiger charge is -2.10. The Morgan fingerprint density at radius 3 is 2.88 bits per heavy atom. The standard InChI is InChI=1S/C9H12N4O2.ClH/c14-13(15)8-1-2-9(11-6-8)12-7-3-4-10-5-7;/h1-2,6-7,10H,3-5H2,(H,11,12);1H/t7-;/m0./s1. The zero-order valence-corrected chi connectivity index (χ0v) is 9.37. The van der Waals surface area contributed by atoms with Gasteiger partial charge in [-0.3, -0.25) is 10.1 Å². The second-order valence-electron chi connectivity index (χ2n) is 3.49. The molecule has 1 aromatic rings. The predicted molar refractivity (Wildman–Crippen MR) is 63.0 cm³/mol. The Morgan fingerprint density at radius 1 is 1.56 bits per heavy atom. The number of hydrogen-bond donors (Lipinski definition) is 2. The minimum atomic E-state index is -0.450. The Balaban J connectivity index is 0.00000128. The zero-order chi connectivity index (χ0) is 10.7. The molecule has 2 N–H and O–H groups in total. The van der Waals surface area contributed by atoms with Gasteiger partial charge in [0.2, 0.25) is 0 Å². The highest BCUT2D eigenvalue weighted by Gasteiger charge is 2.14. The molecule has 7 heteroatoms. The molecule has 1 atom stereocenters. The highest BCUT2D eigenvalue weighted by molar-refractivity contribution is 5.85. The fourth-order valence-electron chi connectivity index (χ4n) is 1.57. The van der Waals surface area contributed by atoms with Gasteiger partial charge in [-0.15, -0.1) is 12.4 Å². The number of rotatable bonds is 3. The minimum Gasteiger partial charge on any atom is -0.366 e. The van der Waals surface area contributed by atoms with Crippen LogP contribution in [0.2, 0.25) is 0 Å². The van der Waals surface area contributed by atoms with Gasteiger partial charge in [0.05, 0.1) is 4.92 Å². The fourth-order valence-corrected chi connectivity index (χ4v) is 1.57. The third-order valence-electron chi connectivity index (χ3n) is 2.37. The van der Waals surface area contributed by atoms with Crippen molar-refractivity contribution in [2.24, 2.45) is 0 Å². The van der Waals surface area contributed by atoms with E-state index >= 15 is 0 Å². The van der Waals surface area contributed by atoms with Crippen molar-refractivity contribution >= 4 is 23.9 Å². The van der Waals surface area contributed by atoms with Gasteiger partial charge in [-0.05, 0) is 19.0 Å². The Morgan fingerprint density at radius 2 is 2.38 bits per heavy atom. The van der Waals surface area contributed by atoms with Crippen molar-refractivity contribution in [3.05, 3.63) is 28.4 Å². The number of nitro groups is 1. The first-order valence-corrected chi connectivity index (χ1v) is 4.83. The molecule has 1 aliphatic rings. The number of anilines is 1. The van der Waals surface area contributed by atoms with Crippen molar-refractivity contribution in [2.45, 2.75) is 12.5 Å². The molecule has 0 unspecified atom stereocenters. The maximum atomic E-state index is 10.4. The second kappa shape index (κ2) is 5.62. The summed E-state index contributed by atoms with van der Waals surface area (Å²) in [4.78, 5) is 13.9. The summed E-state index contributed by atoms with van der Waals surface area (Å²) >= 11 is 0. The molecule has 2 rings (SSSR count). The lowest BCUT2D eigenvalue weighted by Crippen LogP contribution is -2.22. The molecule has 0 aliphatic carbocycles. The minimum absolute atomic E-state index is 0. The molecular weight excluding hydrogens is 232 g/mol. The largest absolute Gasteiger partial charge is 0.366 e. The smallest absolute Gasteiger partial charge is 0.287 e. The molecule has 0 radical (unpaired) electrons. The lowest BCUT2D eigenvalue weighted by atomic mass is 10.2. The number of pyridine rings is 1. The summed E-state index contributed by atoms with van der Waals surface area (Å²) in [5.41, 5.74) is 0.0186. The molecule has 0 saturated carbocycles. The van der Waals surface area contributed by atoms with E-state index in [-0.39, 0.29) is 18.1 Å². The Hall–Kier alpha value is -1.40. The summed E-state index contributed by atoms with van der Waals surface area (Å²) in [6, 6.07) is 3.47. The zero-order valence-electron chi connectivity index (χ0n) is 8.55. The van der Waals surface area contributed by atoms with E-state index in [2.05, 4.69) is 15.6 Å². The van der Waals surface area contributed by atoms with Gasteiger partial charge in [0, 0.05) is 18.7 Å². The normalized spacial score (nSPS) is 18.9. The van der Waals surface area contributed by atoms with Crippen molar-refractivity contribution < 1.29 is 4.92 Å². The van der Waals surface area contributed by atoms with Crippen LogP contribution in [-0.4, -0.2) is 29.0 Å². The van der Waals surface area contributed by atoms with Gasteiger partial charge in [-0.1, -0.05) is 0 Å². The van der Waals surface area contributed by atoms with Gasteiger partial charge in [0.15, 0.2) is 0 Å². The predicted octanol–water partition coefficient (Wildman–Crippen LogP) is 1.19. The van der Waals surface area contributed by atoms with Gasteiger partial charge in [0.1, 0.15) is 12.0 Å². The quantitative estimate of drug-likeness (QED) is 0.617. The average Bonchev–Trinajstić information content (AvgIpc) is 2.71. The molecule has 88 valence electrons. The molecule has 0 aromatic carbocycles. The van der Waals surface area contributed by atoms with Crippen LogP contribution in [0.4, 0.5) is 11.5 Å². The molecule has 0 amide bonds. The maximum absolute atomic E-state index is 10.4. The van der Waals surface area contributed by atoms with E-state index in [0.29, 0.717) is 11.9 Å². The van der Waals surface area contributed by atoms with Crippen LogP contribution in [-0.2, 0) is 0 Å². The summed E-state index contributed by atoms with van der Waals surface area (Å²) in [6.07, 6.45) is 2.32. The van der Waals surface area contributed by atoms with Crippen molar-refractivity contribution in [1.82, 2.24) is 10.3 Å². The highest BCUT2D eigenvalue weighted by Crippen LogP contribution is 2.13. The third kappa shape index (κ3) is 3.04. The van der Waals surface area contributed by atoms with Crippen LogP contribution >= 0.6 is 12.4 Å². The highest BCUT2D eigenvalue weighted by atomic mass is 35.5. The molecule has 1 aliphatic heterocycles. The van der Waals surface area contributed by atoms with Crippen LogP contribution in [0.5, 0.6) is 0 Å². The van der Waals surface area contributed by atoms with Crippen LogP contribution in [0, 0.1) is 10.1 Å². The number of nitrogens with one attached hydrogen (secondary N) is 2. The summed E-state index contributed by atoms with van der Waals surface area (Å²) in [5.74, 6) is 0.689. The fraction of sp³-hybridized carbons (Fsp3) is 0.444. The number of nitrogens with zero attached hydrogens (tertiary/aromatic N) is 2. The average molecular weight is 245 g/mol. The van der Waals surface area contributed by atoms with Gasteiger partial charge >= 0.3 is 0 Å². The first-order valence-electron chi connectivity index (χ1n) is 4.83. The van der Waals surface area contributed by atoms with Crippen LogP contribution in [0.25, 0.3) is 0 Å². The van der Waals surface area contributed by atoms with Crippen molar-refractivity contribution in [1.29, 1.82) is 0 Å². The van der Waals surface area contributed by atoms with Gasteiger partial charge in [-0.2, -0.15) is 0 Å². The SMILES string of the molecule is Cl.O=[N+]([O-])c1ccc(N[C@H]2CCNC2)nc1. The summed E-state index contributed by atoms with van der Waals surface area (Å²) < 4.78 is 0. The number of hydrogen-bond acceptors (Lipinski definition) is 5. The van der Waals surface area contributed by atoms with E-state index in [1.54, 1.807) is 6.07 Å². The van der Waals surface area contributed by atoms with Crippen molar-refractivity contribution in [2.75, 3.05) is 18.4 Å². The van der Waals surface area contributed by atoms with Gasteiger partial charge in [0.25, 0.3) is 5.69 Å². The summed E-state index contributed by atoms with van der Waals surface area (Å²) in [5, 5.41) is 16.8. The molecule has 16 heavy (non-hydrogen) atoms. The lowest BCUT2D eigenvalue weighted by molar-refractivity contribution is -0.385. The van der Waals surface area contributed by atoms with Crippen molar-refractivity contribution in [3.8, 4) is 0 Å². The van der Waals surface area contributed by atoms with Gasteiger partial charge in [-0.25, -0.2) is 4.98 Å². The number of aromatic nitrogens is 1. The number of halogens is 1. The van der Waals surface area contributed by atoms with E-state index in [0.717, 1.165) is 19.5 Å². The van der Waals surface area contributed by atoms with E-state index in [1.165, 1.54) is 12.3 Å². The van der Waals surface area contributed by atoms with E-state index in [1.807, 2.05) is 0 Å². The van der Waals surface area contributed by atoms with Crippen molar-refractivity contribution in [3.63, 3.8) is 0 Å². The molecule has 0 bridgehead atoms. The van der Waals surface area contributed by atoms with E-state index in [4.69, 9.17) is 0 Å². The molecule has 2 heterocycles. The van der Waals surface area contributed by atoms with Gasteiger partial charge < -0.3 is 10.6 Å². The molecule has 6 nitrogen and oxygen atoms in total.